The van der Waals surface area contributed by atoms with Crippen molar-refractivity contribution in [3.8, 4) is 5.75 Å². The van der Waals surface area contributed by atoms with Gasteiger partial charge in [-0.2, -0.15) is 0 Å². The van der Waals surface area contributed by atoms with Gasteiger partial charge in [0.05, 0.1) is 28.5 Å². The van der Waals surface area contributed by atoms with Crippen molar-refractivity contribution >= 4 is 35.2 Å². The molecule has 0 bridgehead atoms. The Morgan fingerprint density at radius 1 is 1.52 bits per heavy atom. The number of aromatic nitrogens is 1. The molecule has 0 spiro atoms. The number of thiazole rings is 1. The van der Waals surface area contributed by atoms with Gasteiger partial charge in [-0.25, -0.2) is 14.2 Å². The van der Waals surface area contributed by atoms with Crippen molar-refractivity contribution in [1.82, 2.24) is 10.3 Å². The Hall–Kier alpha value is -2.25. The van der Waals surface area contributed by atoms with Crippen LogP contribution in [0, 0.1) is 5.82 Å². The molecule has 1 aliphatic rings. The molecule has 1 aromatic heterocycles. The maximum Gasteiger partial charge on any atom is 0.343 e. The van der Waals surface area contributed by atoms with E-state index in [1.807, 2.05) is 12.3 Å². The minimum absolute atomic E-state index is 0.100. The summed E-state index contributed by atoms with van der Waals surface area (Å²) in [7, 11) is 0. The lowest BCUT2D eigenvalue weighted by Gasteiger charge is -2.19. The number of allylic oxidation sites excluding steroid dienone is 1. The van der Waals surface area contributed by atoms with E-state index in [4.69, 9.17) is 16.3 Å². The van der Waals surface area contributed by atoms with E-state index >= 15 is 0 Å². The van der Waals surface area contributed by atoms with E-state index < -0.39 is 11.8 Å². The van der Waals surface area contributed by atoms with Gasteiger partial charge in [0, 0.05) is 23.2 Å². The van der Waals surface area contributed by atoms with Crippen LogP contribution in [0.15, 0.2) is 46.0 Å². The minimum Gasteiger partial charge on any atom is -0.420 e. The molecule has 2 heterocycles. The van der Waals surface area contributed by atoms with E-state index in [0.717, 1.165) is 5.01 Å². The SMILES string of the molecule is CC(CC1=C(C(=O)Oc2cccc(Cl)c2F)CN=CN1)c1nccs1. The predicted octanol–water partition coefficient (Wildman–Crippen LogP) is 3.92. The normalized spacial score (nSPS) is 15.0. The monoisotopic (exact) mass is 379 g/mol. The van der Waals surface area contributed by atoms with Gasteiger partial charge in [-0.3, -0.25) is 4.99 Å². The molecule has 5 nitrogen and oxygen atoms in total. The van der Waals surface area contributed by atoms with Crippen molar-refractivity contribution in [2.24, 2.45) is 4.99 Å². The number of carbonyl (C=O) groups excluding carboxylic acids is 1. The summed E-state index contributed by atoms with van der Waals surface area (Å²) < 4.78 is 19.1. The van der Waals surface area contributed by atoms with Crippen molar-refractivity contribution in [3.05, 3.63) is 56.9 Å². The second-order valence-electron chi connectivity index (χ2n) is 5.49. The molecule has 0 saturated carbocycles. The third kappa shape index (κ3) is 4.05. The smallest absolute Gasteiger partial charge is 0.343 e. The van der Waals surface area contributed by atoms with Gasteiger partial charge in [-0.05, 0) is 18.6 Å². The number of carbonyl (C=O) groups is 1. The average Bonchev–Trinajstić information content (AvgIpc) is 3.14. The Bertz CT molecular complexity index is 836. The Labute approximate surface area is 153 Å². The summed E-state index contributed by atoms with van der Waals surface area (Å²) in [6, 6.07) is 4.27. The fourth-order valence-corrected chi connectivity index (χ4v) is 3.27. The number of halogens is 2. The summed E-state index contributed by atoms with van der Waals surface area (Å²) >= 11 is 7.28. The van der Waals surface area contributed by atoms with Gasteiger partial charge in [0.1, 0.15) is 0 Å². The van der Waals surface area contributed by atoms with Crippen LogP contribution in [0.5, 0.6) is 5.75 Å². The standard InChI is InChI=1S/C17H15ClFN3O2S/c1-10(16-21-5-6-25-16)7-13-11(8-20-9-22-13)17(23)24-14-4-2-3-12(18)15(14)19/h2-6,9-10H,7-8H2,1H3,(H,20,22). The van der Waals surface area contributed by atoms with Crippen LogP contribution in [0.3, 0.4) is 0 Å². The largest absolute Gasteiger partial charge is 0.420 e. The summed E-state index contributed by atoms with van der Waals surface area (Å²) in [6.07, 6.45) is 3.86. The van der Waals surface area contributed by atoms with Crippen molar-refractivity contribution in [3.63, 3.8) is 0 Å². The molecular formula is C17H15ClFN3O2S. The first-order valence-electron chi connectivity index (χ1n) is 7.58. The van der Waals surface area contributed by atoms with E-state index in [-0.39, 0.29) is 23.2 Å². The molecule has 1 atom stereocenters. The van der Waals surface area contributed by atoms with Crippen LogP contribution < -0.4 is 10.1 Å². The zero-order chi connectivity index (χ0) is 17.8. The van der Waals surface area contributed by atoms with E-state index in [1.165, 1.54) is 18.2 Å². The number of esters is 1. The number of hydrogen-bond acceptors (Lipinski definition) is 6. The van der Waals surface area contributed by atoms with Crippen LogP contribution in [-0.2, 0) is 4.79 Å². The highest BCUT2D eigenvalue weighted by Crippen LogP contribution is 2.28. The highest BCUT2D eigenvalue weighted by molar-refractivity contribution is 7.09. The van der Waals surface area contributed by atoms with Gasteiger partial charge < -0.3 is 10.1 Å². The topological polar surface area (TPSA) is 63.6 Å². The minimum atomic E-state index is -0.761. The summed E-state index contributed by atoms with van der Waals surface area (Å²) in [4.78, 5) is 20.8. The molecule has 1 aliphatic heterocycles. The molecule has 1 N–H and O–H groups in total. The van der Waals surface area contributed by atoms with Crippen LogP contribution >= 0.6 is 22.9 Å². The number of hydrogen-bond donors (Lipinski definition) is 1. The van der Waals surface area contributed by atoms with Gasteiger partial charge in [-0.1, -0.05) is 24.6 Å². The lowest BCUT2D eigenvalue weighted by atomic mass is 10.0. The summed E-state index contributed by atoms with van der Waals surface area (Å²) in [5.41, 5.74) is 1.07. The molecule has 1 aromatic carbocycles. The second-order valence-corrected chi connectivity index (χ2v) is 6.82. The molecule has 0 saturated heterocycles. The third-order valence-electron chi connectivity index (χ3n) is 3.69. The highest BCUT2D eigenvalue weighted by atomic mass is 35.5. The van der Waals surface area contributed by atoms with Crippen LogP contribution in [0.25, 0.3) is 0 Å². The van der Waals surface area contributed by atoms with Crippen molar-refractivity contribution in [2.45, 2.75) is 19.3 Å². The van der Waals surface area contributed by atoms with Crippen LogP contribution in [0.1, 0.15) is 24.3 Å². The first kappa shape index (κ1) is 17.6. The second kappa shape index (κ2) is 7.76. The molecule has 0 aliphatic carbocycles. The summed E-state index contributed by atoms with van der Waals surface area (Å²) in [6.45, 7) is 2.20. The number of rotatable bonds is 5. The Balaban J connectivity index is 1.80. The predicted molar refractivity (Wildman–Crippen MR) is 95.7 cm³/mol. The van der Waals surface area contributed by atoms with Gasteiger partial charge in [0.15, 0.2) is 11.6 Å². The lowest BCUT2D eigenvalue weighted by Crippen LogP contribution is -2.27. The zero-order valence-corrected chi connectivity index (χ0v) is 14.9. The molecule has 3 rings (SSSR count). The third-order valence-corrected chi connectivity index (χ3v) is 4.99. The molecule has 8 heteroatoms. The van der Waals surface area contributed by atoms with Crippen molar-refractivity contribution < 1.29 is 13.9 Å². The number of nitrogens with one attached hydrogen (secondary N) is 1. The zero-order valence-electron chi connectivity index (χ0n) is 13.3. The molecule has 2 aromatic rings. The van der Waals surface area contributed by atoms with Crippen LogP contribution in [0.2, 0.25) is 5.02 Å². The van der Waals surface area contributed by atoms with E-state index in [9.17, 15) is 9.18 Å². The fraction of sp³-hybridized carbons (Fsp3) is 0.235. The fourth-order valence-electron chi connectivity index (χ4n) is 2.41. The molecule has 0 radical (unpaired) electrons. The summed E-state index contributed by atoms with van der Waals surface area (Å²) in [5, 5.41) is 5.79. The van der Waals surface area contributed by atoms with Crippen molar-refractivity contribution in [1.29, 1.82) is 0 Å². The quantitative estimate of drug-likeness (QED) is 0.631. The van der Waals surface area contributed by atoms with Crippen molar-refractivity contribution in [2.75, 3.05) is 6.54 Å². The average molecular weight is 380 g/mol. The van der Waals surface area contributed by atoms with E-state index in [0.29, 0.717) is 17.7 Å². The first-order valence-corrected chi connectivity index (χ1v) is 8.84. The van der Waals surface area contributed by atoms with Gasteiger partial charge in [0.25, 0.3) is 0 Å². The summed E-state index contributed by atoms with van der Waals surface area (Å²) in [5.74, 6) is -1.48. The maximum atomic E-state index is 13.9. The van der Waals surface area contributed by atoms with Gasteiger partial charge >= 0.3 is 5.97 Å². The van der Waals surface area contributed by atoms with E-state index in [2.05, 4.69) is 15.3 Å². The van der Waals surface area contributed by atoms with Crippen LogP contribution in [-0.4, -0.2) is 23.8 Å². The Kier molecular flexibility index (Phi) is 5.45. The molecule has 0 amide bonds. The molecule has 1 unspecified atom stereocenters. The number of aliphatic imine (C=N–C) groups is 1. The highest BCUT2D eigenvalue weighted by Gasteiger charge is 2.23. The molecular weight excluding hydrogens is 365 g/mol. The maximum absolute atomic E-state index is 13.9. The number of benzene rings is 1. The Morgan fingerprint density at radius 3 is 3.12 bits per heavy atom. The number of ether oxygens (including phenoxy) is 1. The molecule has 0 fully saturated rings. The lowest BCUT2D eigenvalue weighted by molar-refractivity contribution is -0.130. The van der Waals surface area contributed by atoms with Gasteiger partial charge in [0.2, 0.25) is 0 Å². The number of nitrogens with zero attached hydrogens (tertiary/aromatic N) is 2. The Morgan fingerprint density at radius 2 is 2.36 bits per heavy atom. The molecule has 130 valence electrons. The first-order chi connectivity index (χ1) is 12.1. The van der Waals surface area contributed by atoms with Gasteiger partial charge in [-0.15, -0.1) is 11.3 Å². The van der Waals surface area contributed by atoms with Crippen LogP contribution in [0.4, 0.5) is 4.39 Å². The van der Waals surface area contributed by atoms with E-state index in [1.54, 1.807) is 23.9 Å². The molecule has 25 heavy (non-hydrogen) atoms.